The molecule has 2 aromatic rings. The van der Waals surface area contributed by atoms with E-state index in [1.165, 1.54) is 18.7 Å². The predicted octanol–water partition coefficient (Wildman–Crippen LogP) is 4.00. The van der Waals surface area contributed by atoms with E-state index in [1.807, 2.05) is 32.0 Å². The third kappa shape index (κ3) is 6.92. The minimum atomic E-state index is -1.14. The lowest BCUT2D eigenvalue weighted by Crippen LogP contribution is -2.14. The van der Waals surface area contributed by atoms with Crippen molar-refractivity contribution in [2.75, 3.05) is 16.4 Å². The van der Waals surface area contributed by atoms with E-state index < -0.39 is 11.9 Å². The van der Waals surface area contributed by atoms with Crippen LogP contribution in [0.1, 0.15) is 18.1 Å². The second-order valence-corrected chi connectivity index (χ2v) is 7.41. The molecule has 146 valence electrons. The Bertz CT molecular complexity index is 900. The average Bonchev–Trinajstić information content (AvgIpc) is 2.60. The van der Waals surface area contributed by atoms with Gasteiger partial charge in [-0.3, -0.25) is 9.59 Å². The quantitative estimate of drug-likeness (QED) is 0.484. The molecule has 0 bridgehead atoms. The first-order valence-electron chi connectivity index (χ1n) is 8.56. The molecule has 2 amide bonds. The zero-order valence-electron chi connectivity index (χ0n) is 15.9. The van der Waals surface area contributed by atoms with Gasteiger partial charge in [0.1, 0.15) is 0 Å². The van der Waals surface area contributed by atoms with Gasteiger partial charge in [0.25, 0.3) is 0 Å². The maximum atomic E-state index is 12.1. The van der Waals surface area contributed by atoms with Gasteiger partial charge in [0, 0.05) is 27.9 Å². The van der Waals surface area contributed by atoms with Crippen molar-refractivity contribution in [2.45, 2.75) is 25.7 Å². The molecule has 0 unspecified atom stereocenters. The van der Waals surface area contributed by atoms with Crippen LogP contribution in [0.25, 0.3) is 0 Å². The molecule has 0 aromatic heterocycles. The van der Waals surface area contributed by atoms with Gasteiger partial charge < -0.3 is 15.7 Å². The summed E-state index contributed by atoms with van der Waals surface area (Å²) in [6.45, 7) is 5.32. The van der Waals surface area contributed by atoms with Gasteiger partial charge in [0.05, 0.1) is 5.75 Å². The van der Waals surface area contributed by atoms with E-state index in [4.69, 9.17) is 5.11 Å². The summed E-state index contributed by atoms with van der Waals surface area (Å²) in [6, 6.07) is 12.9. The van der Waals surface area contributed by atoms with Crippen molar-refractivity contribution in [1.82, 2.24) is 0 Å². The van der Waals surface area contributed by atoms with Gasteiger partial charge in [-0.2, -0.15) is 0 Å². The van der Waals surface area contributed by atoms with E-state index in [0.717, 1.165) is 27.8 Å². The molecule has 2 rings (SSSR count). The first-order chi connectivity index (χ1) is 13.2. The van der Waals surface area contributed by atoms with Crippen LogP contribution in [0, 0.1) is 13.8 Å². The van der Waals surface area contributed by atoms with Crippen LogP contribution in [-0.2, 0) is 14.4 Å². The molecule has 6 nitrogen and oxygen atoms in total. The lowest BCUT2D eigenvalue weighted by molar-refractivity contribution is -0.132. The molecule has 0 fully saturated rings. The number of carbonyl (C=O) groups is 3. The van der Waals surface area contributed by atoms with Crippen molar-refractivity contribution in [3.63, 3.8) is 0 Å². The molecular weight excluding hydrogens is 376 g/mol. The Morgan fingerprint density at radius 3 is 2.14 bits per heavy atom. The lowest BCUT2D eigenvalue weighted by atomic mass is 10.1. The van der Waals surface area contributed by atoms with Crippen LogP contribution < -0.4 is 10.6 Å². The third-order valence-corrected chi connectivity index (χ3v) is 4.69. The summed E-state index contributed by atoms with van der Waals surface area (Å²) >= 11 is 1.38. The van der Waals surface area contributed by atoms with Crippen LogP contribution in [0.15, 0.2) is 59.0 Å². The van der Waals surface area contributed by atoms with Gasteiger partial charge in [-0.25, -0.2) is 4.79 Å². The second-order valence-electron chi connectivity index (χ2n) is 6.36. The molecular formula is C21H22N2O4S. The van der Waals surface area contributed by atoms with Gasteiger partial charge in [-0.05, 0) is 68.3 Å². The normalized spacial score (nSPS) is 11.0. The van der Waals surface area contributed by atoms with E-state index in [1.54, 1.807) is 24.3 Å². The zero-order chi connectivity index (χ0) is 20.7. The molecule has 28 heavy (non-hydrogen) atoms. The number of amides is 2. The van der Waals surface area contributed by atoms with E-state index in [-0.39, 0.29) is 17.2 Å². The van der Waals surface area contributed by atoms with Crippen molar-refractivity contribution in [3.8, 4) is 0 Å². The molecule has 0 radical (unpaired) electrons. The summed E-state index contributed by atoms with van der Waals surface area (Å²) in [6.07, 6.45) is 1.03. The fourth-order valence-electron chi connectivity index (χ4n) is 2.46. The Morgan fingerprint density at radius 2 is 1.57 bits per heavy atom. The van der Waals surface area contributed by atoms with Gasteiger partial charge in [-0.15, -0.1) is 11.8 Å². The highest BCUT2D eigenvalue weighted by atomic mass is 32.2. The third-order valence-electron chi connectivity index (χ3n) is 3.68. The van der Waals surface area contributed by atoms with Crippen LogP contribution in [0.4, 0.5) is 11.4 Å². The van der Waals surface area contributed by atoms with Gasteiger partial charge in [-0.1, -0.05) is 6.07 Å². The Morgan fingerprint density at radius 1 is 0.964 bits per heavy atom. The maximum Gasteiger partial charge on any atom is 0.331 e. The monoisotopic (exact) mass is 398 g/mol. The van der Waals surface area contributed by atoms with Gasteiger partial charge >= 0.3 is 5.97 Å². The van der Waals surface area contributed by atoms with Gasteiger partial charge in [0.2, 0.25) is 11.8 Å². The van der Waals surface area contributed by atoms with Crippen molar-refractivity contribution < 1.29 is 19.5 Å². The predicted molar refractivity (Wildman–Crippen MR) is 112 cm³/mol. The number of carboxylic acids is 1. The molecule has 0 saturated carbocycles. The van der Waals surface area contributed by atoms with Crippen LogP contribution in [0.3, 0.4) is 0 Å². The average molecular weight is 398 g/mol. The standard InChI is InChI=1S/C21H22N2O4S/c1-13-8-14(2)10-17(9-13)23-20(25)12-28-18-6-4-16(5-7-18)22-19(24)11-15(3)21(26)27/h4-11H,12H2,1-3H3,(H,22,24)(H,23,25)(H,26,27). The number of aryl methyl sites for hydroxylation is 2. The summed E-state index contributed by atoms with van der Waals surface area (Å²) in [5.41, 5.74) is 3.47. The number of aliphatic carboxylic acids is 1. The molecule has 0 aliphatic heterocycles. The fraction of sp³-hybridized carbons (Fsp3) is 0.190. The van der Waals surface area contributed by atoms with Crippen molar-refractivity contribution in [1.29, 1.82) is 0 Å². The number of nitrogens with one attached hydrogen (secondary N) is 2. The number of rotatable bonds is 7. The van der Waals surface area contributed by atoms with Gasteiger partial charge in [0.15, 0.2) is 0 Å². The SMILES string of the molecule is CC(=CC(=O)Nc1ccc(SCC(=O)Nc2cc(C)cc(C)c2)cc1)C(=O)O. The Balaban J connectivity index is 1.86. The van der Waals surface area contributed by atoms with E-state index >= 15 is 0 Å². The molecule has 0 aliphatic rings. The number of benzene rings is 2. The molecule has 0 atom stereocenters. The Kier molecular flexibility index (Phi) is 7.40. The summed E-state index contributed by atoms with van der Waals surface area (Å²) in [5, 5.41) is 14.3. The molecule has 3 N–H and O–H groups in total. The lowest BCUT2D eigenvalue weighted by Gasteiger charge is -2.08. The highest BCUT2D eigenvalue weighted by Gasteiger charge is 2.07. The van der Waals surface area contributed by atoms with Crippen molar-refractivity contribution in [3.05, 3.63) is 65.2 Å². The molecule has 0 heterocycles. The van der Waals surface area contributed by atoms with Crippen molar-refractivity contribution >= 4 is 40.9 Å². The smallest absolute Gasteiger partial charge is 0.331 e. The minimum Gasteiger partial charge on any atom is -0.478 e. The first kappa shape index (κ1) is 21.2. The number of carbonyl (C=O) groups excluding carboxylic acids is 2. The first-order valence-corrected chi connectivity index (χ1v) is 9.55. The van der Waals surface area contributed by atoms with Crippen LogP contribution in [-0.4, -0.2) is 28.6 Å². The summed E-state index contributed by atoms with van der Waals surface area (Å²) in [5.74, 6) is -1.48. The maximum absolute atomic E-state index is 12.1. The van der Waals surface area contributed by atoms with E-state index in [0.29, 0.717) is 5.69 Å². The molecule has 2 aromatic carbocycles. The summed E-state index contributed by atoms with van der Waals surface area (Å²) < 4.78 is 0. The molecule has 0 spiro atoms. The Labute approximate surface area is 168 Å². The molecule has 7 heteroatoms. The van der Waals surface area contributed by atoms with Crippen LogP contribution in [0.5, 0.6) is 0 Å². The van der Waals surface area contributed by atoms with Crippen LogP contribution >= 0.6 is 11.8 Å². The largest absolute Gasteiger partial charge is 0.478 e. The molecule has 0 saturated heterocycles. The highest BCUT2D eigenvalue weighted by molar-refractivity contribution is 8.00. The van der Waals surface area contributed by atoms with E-state index in [9.17, 15) is 14.4 Å². The Hall–Kier alpha value is -3.06. The van der Waals surface area contributed by atoms with E-state index in [2.05, 4.69) is 10.6 Å². The van der Waals surface area contributed by atoms with Crippen molar-refractivity contribution in [2.24, 2.45) is 0 Å². The minimum absolute atomic E-state index is 0.0421. The number of thioether (sulfide) groups is 1. The number of hydrogen-bond donors (Lipinski definition) is 3. The number of carboxylic acid groups (broad SMARTS) is 1. The fourth-order valence-corrected chi connectivity index (χ4v) is 3.16. The zero-order valence-corrected chi connectivity index (χ0v) is 16.7. The number of hydrogen-bond acceptors (Lipinski definition) is 4. The highest BCUT2D eigenvalue weighted by Crippen LogP contribution is 2.21. The summed E-state index contributed by atoms with van der Waals surface area (Å²) in [4.78, 5) is 35.5. The summed E-state index contributed by atoms with van der Waals surface area (Å²) in [7, 11) is 0. The topological polar surface area (TPSA) is 95.5 Å². The number of anilines is 2. The molecule has 0 aliphatic carbocycles. The second kappa shape index (κ2) is 9.75. The van der Waals surface area contributed by atoms with Crippen LogP contribution in [0.2, 0.25) is 0 Å².